The third-order valence-electron chi connectivity index (χ3n) is 4.02. The second kappa shape index (κ2) is 9.27. The smallest absolute Gasteiger partial charge is 0.236 e. The minimum Gasteiger partial charge on any atom is -0.364 e. The van der Waals surface area contributed by atoms with Crippen molar-refractivity contribution in [2.24, 2.45) is 4.99 Å². The number of carbonyl (C=O) groups excluding carboxylic acids is 1. The molecule has 2 N–H and O–H groups in total. The topological polar surface area (TPSA) is 86.0 Å². The van der Waals surface area contributed by atoms with E-state index in [1.54, 1.807) is 25.3 Å². The van der Waals surface area contributed by atoms with Crippen molar-refractivity contribution in [2.45, 2.75) is 32.4 Å². The molecule has 134 valence electrons. The molecule has 0 unspecified atom stereocenters. The van der Waals surface area contributed by atoms with E-state index in [-0.39, 0.29) is 5.91 Å². The maximum absolute atomic E-state index is 11.8. The van der Waals surface area contributed by atoms with E-state index in [4.69, 9.17) is 4.52 Å². The molecule has 1 fully saturated rings. The predicted octanol–water partition coefficient (Wildman–Crippen LogP) is 0.282. The van der Waals surface area contributed by atoms with Crippen molar-refractivity contribution in [3.05, 3.63) is 18.0 Å². The van der Waals surface area contributed by atoms with Crippen molar-refractivity contribution in [1.29, 1.82) is 0 Å². The molecule has 2 heterocycles. The Labute approximate surface area is 143 Å². The first-order valence-corrected chi connectivity index (χ1v) is 8.45. The van der Waals surface area contributed by atoms with Gasteiger partial charge in [-0.3, -0.25) is 9.69 Å². The van der Waals surface area contributed by atoms with Crippen LogP contribution >= 0.6 is 0 Å². The number of aliphatic imine (C=N–C) groups is 1. The highest BCUT2D eigenvalue weighted by Gasteiger charge is 2.22. The highest BCUT2D eigenvalue weighted by molar-refractivity contribution is 5.80. The maximum Gasteiger partial charge on any atom is 0.236 e. The zero-order valence-electron chi connectivity index (χ0n) is 14.8. The number of amides is 1. The predicted molar refractivity (Wildman–Crippen MR) is 92.6 cm³/mol. The number of likely N-dealkylation sites (N-methyl/N-ethyl adjacent to an activating group) is 1. The van der Waals surface area contributed by atoms with E-state index >= 15 is 0 Å². The summed E-state index contributed by atoms with van der Waals surface area (Å²) in [4.78, 5) is 20.2. The van der Waals surface area contributed by atoms with Gasteiger partial charge in [-0.15, -0.1) is 0 Å². The molecule has 2 rings (SSSR count). The van der Waals surface area contributed by atoms with Crippen LogP contribution in [0.25, 0.3) is 0 Å². The van der Waals surface area contributed by atoms with E-state index in [0.717, 1.165) is 44.1 Å². The number of guanidine groups is 1. The standard InChI is InChI=1S/C16H28N6O2/c1-4-17-16(18-11-14-7-10-24-20-14)19-13-5-8-22(9-6-13)12-15(23)21(2)3/h7,10,13H,4-6,8-9,11-12H2,1-3H3,(H2,17,18,19). The molecule has 1 aromatic rings. The first kappa shape index (κ1) is 18.3. The lowest BCUT2D eigenvalue weighted by Gasteiger charge is -2.33. The molecule has 8 heteroatoms. The average molecular weight is 336 g/mol. The number of hydrogen-bond donors (Lipinski definition) is 2. The lowest BCUT2D eigenvalue weighted by molar-refractivity contribution is -0.130. The number of aromatic nitrogens is 1. The molecule has 1 aliphatic heterocycles. The molecule has 0 atom stereocenters. The van der Waals surface area contributed by atoms with Gasteiger partial charge in [0.25, 0.3) is 0 Å². The zero-order valence-corrected chi connectivity index (χ0v) is 14.8. The summed E-state index contributed by atoms with van der Waals surface area (Å²) >= 11 is 0. The van der Waals surface area contributed by atoms with Crippen molar-refractivity contribution < 1.29 is 9.32 Å². The van der Waals surface area contributed by atoms with Gasteiger partial charge in [-0.1, -0.05) is 5.16 Å². The van der Waals surface area contributed by atoms with Crippen LogP contribution in [0.2, 0.25) is 0 Å². The summed E-state index contributed by atoms with van der Waals surface area (Å²) in [5, 5.41) is 10.6. The molecule has 0 saturated carbocycles. The monoisotopic (exact) mass is 336 g/mol. The summed E-state index contributed by atoms with van der Waals surface area (Å²) in [6.45, 7) is 5.67. The molecule has 1 saturated heterocycles. The molecule has 0 spiro atoms. The zero-order chi connectivity index (χ0) is 17.4. The van der Waals surface area contributed by atoms with Crippen LogP contribution in [0.4, 0.5) is 0 Å². The lowest BCUT2D eigenvalue weighted by atomic mass is 10.1. The van der Waals surface area contributed by atoms with Crippen molar-refractivity contribution in [3.63, 3.8) is 0 Å². The Morgan fingerprint density at radius 1 is 1.46 bits per heavy atom. The minimum atomic E-state index is 0.156. The maximum atomic E-state index is 11.8. The lowest BCUT2D eigenvalue weighted by Crippen LogP contribution is -2.50. The number of carbonyl (C=O) groups is 1. The molecule has 1 amide bonds. The van der Waals surface area contributed by atoms with Crippen LogP contribution in [0, 0.1) is 0 Å². The van der Waals surface area contributed by atoms with Crippen LogP contribution in [0.1, 0.15) is 25.5 Å². The molecule has 0 bridgehead atoms. The molecule has 24 heavy (non-hydrogen) atoms. The molecule has 1 aliphatic rings. The normalized spacial score (nSPS) is 16.9. The Hall–Kier alpha value is -2.09. The third-order valence-corrected chi connectivity index (χ3v) is 4.02. The number of nitrogens with one attached hydrogen (secondary N) is 2. The fourth-order valence-electron chi connectivity index (χ4n) is 2.56. The third kappa shape index (κ3) is 5.84. The van der Waals surface area contributed by atoms with E-state index in [2.05, 4.69) is 25.7 Å². The minimum absolute atomic E-state index is 0.156. The quantitative estimate of drug-likeness (QED) is 0.573. The Morgan fingerprint density at radius 3 is 2.79 bits per heavy atom. The van der Waals surface area contributed by atoms with Crippen molar-refractivity contribution in [3.8, 4) is 0 Å². The van der Waals surface area contributed by atoms with Crippen LogP contribution in [-0.2, 0) is 11.3 Å². The summed E-state index contributed by atoms with van der Waals surface area (Å²) in [5.41, 5.74) is 0.809. The first-order chi connectivity index (χ1) is 11.6. The van der Waals surface area contributed by atoms with Crippen molar-refractivity contribution in [2.75, 3.05) is 40.3 Å². The molecule has 0 radical (unpaired) electrons. The van der Waals surface area contributed by atoms with Gasteiger partial charge in [-0.25, -0.2) is 4.99 Å². The second-order valence-corrected chi connectivity index (χ2v) is 6.17. The Balaban J connectivity index is 1.79. The highest BCUT2D eigenvalue weighted by atomic mass is 16.5. The van der Waals surface area contributed by atoms with E-state index < -0.39 is 0 Å². The SMILES string of the molecule is CCNC(=NCc1ccon1)NC1CCN(CC(=O)N(C)C)CC1. The van der Waals surface area contributed by atoms with Crippen LogP contribution in [0.3, 0.4) is 0 Å². The van der Waals surface area contributed by atoms with Gasteiger partial charge in [0.15, 0.2) is 5.96 Å². The summed E-state index contributed by atoms with van der Waals surface area (Å²) in [6, 6.07) is 2.18. The molecule has 0 aliphatic carbocycles. The highest BCUT2D eigenvalue weighted by Crippen LogP contribution is 2.10. The Morgan fingerprint density at radius 2 is 2.21 bits per heavy atom. The van der Waals surface area contributed by atoms with Gasteiger partial charge in [-0.05, 0) is 19.8 Å². The molecule has 8 nitrogen and oxygen atoms in total. The number of rotatable bonds is 6. The Kier molecular flexibility index (Phi) is 7.05. The molecular formula is C16H28N6O2. The van der Waals surface area contributed by atoms with Gasteiger partial charge < -0.3 is 20.1 Å². The van der Waals surface area contributed by atoms with Gasteiger partial charge in [0, 0.05) is 45.8 Å². The van der Waals surface area contributed by atoms with E-state index in [1.807, 2.05) is 13.0 Å². The number of piperidine rings is 1. The fourth-order valence-corrected chi connectivity index (χ4v) is 2.56. The van der Waals surface area contributed by atoms with Gasteiger partial charge in [0.1, 0.15) is 12.0 Å². The largest absolute Gasteiger partial charge is 0.364 e. The van der Waals surface area contributed by atoms with Crippen LogP contribution in [-0.4, -0.2) is 73.1 Å². The van der Waals surface area contributed by atoms with Gasteiger partial charge in [0.05, 0.1) is 13.1 Å². The van der Waals surface area contributed by atoms with Crippen molar-refractivity contribution >= 4 is 11.9 Å². The van der Waals surface area contributed by atoms with E-state index in [0.29, 0.717) is 19.1 Å². The number of nitrogens with zero attached hydrogens (tertiary/aromatic N) is 4. The van der Waals surface area contributed by atoms with Gasteiger partial charge in [0.2, 0.25) is 5.91 Å². The molecule has 0 aromatic carbocycles. The second-order valence-electron chi connectivity index (χ2n) is 6.17. The van der Waals surface area contributed by atoms with Crippen LogP contribution in [0.5, 0.6) is 0 Å². The van der Waals surface area contributed by atoms with Gasteiger partial charge >= 0.3 is 0 Å². The van der Waals surface area contributed by atoms with E-state index in [9.17, 15) is 4.79 Å². The average Bonchev–Trinajstić information content (AvgIpc) is 3.08. The van der Waals surface area contributed by atoms with Crippen molar-refractivity contribution in [1.82, 2.24) is 25.6 Å². The van der Waals surface area contributed by atoms with Crippen LogP contribution in [0.15, 0.2) is 21.8 Å². The summed E-state index contributed by atoms with van der Waals surface area (Å²) in [7, 11) is 3.59. The first-order valence-electron chi connectivity index (χ1n) is 8.45. The number of hydrogen-bond acceptors (Lipinski definition) is 5. The number of likely N-dealkylation sites (tertiary alicyclic amines) is 1. The fraction of sp³-hybridized carbons (Fsp3) is 0.688. The summed E-state index contributed by atoms with van der Waals surface area (Å²) in [6.07, 6.45) is 3.54. The van der Waals surface area contributed by atoms with Gasteiger partial charge in [-0.2, -0.15) is 0 Å². The molecular weight excluding hydrogens is 308 g/mol. The van der Waals surface area contributed by atoms with E-state index in [1.165, 1.54) is 0 Å². The Bertz CT molecular complexity index is 521. The molecule has 1 aromatic heterocycles. The summed E-state index contributed by atoms with van der Waals surface area (Å²) < 4.78 is 4.82. The van der Waals surface area contributed by atoms with Crippen LogP contribution < -0.4 is 10.6 Å². The summed E-state index contributed by atoms with van der Waals surface area (Å²) in [5.74, 6) is 0.951.